The van der Waals surface area contributed by atoms with Gasteiger partial charge in [-0.1, -0.05) is 0 Å². The molecule has 1 aliphatic rings. The summed E-state index contributed by atoms with van der Waals surface area (Å²) in [5.41, 5.74) is 0. The van der Waals surface area contributed by atoms with Gasteiger partial charge in [-0.15, -0.1) is 11.3 Å². The largest absolute Gasteiger partial charge is 0.348 e. The van der Waals surface area contributed by atoms with Crippen molar-refractivity contribution in [3.8, 4) is 0 Å². The van der Waals surface area contributed by atoms with Crippen LogP contribution in [0.2, 0.25) is 0 Å². The van der Waals surface area contributed by atoms with Crippen molar-refractivity contribution < 1.29 is 4.79 Å². The highest BCUT2D eigenvalue weighted by molar-refractivity contribution is 9.13. The Morgan fingerprint density at radius 2 is 2.25 bits per heavy atom. The van der Waals surface area contributed by atoms with Crippen LogP contribution in [-0.4, -0.2) is 5.91 Å². The molecule has 0 aromatic carbocycles. The Labute approximate surface area is 90.6 Å². The normalized spacial score (nSPS) is 21.8. The Kier molecular flexibility index (Phi) is 2.27. The maximum atomic E-state index is 10.6. The molecule has 1 atom stereocenters. The number of carbonyl (C=O) groups is 1. The van der Waals surface area contributed by atoms with E-state index in [-0.39, 0.29) is 11.9 Å². The quantitative estimate of drug-likeness (QED) is 0.794. The van der Waals surface area contributed by atoms with Gasteiger partial charge in [0.25, 0.3) is 0 Å². The van der Waals surface area contributed by atoms with Gasteiger partial charge in [-0.3, -0.25) is 4.79 Å². The molecule has 1 unspecified atom stereocenters. The predicted octanol–water partition coefficient (Wildman–Crippen LogP) is 2.83. The van der Waals surface area contributed by atoms with E-state index in [0.717, 1.165) is 8.26 Å². The molecule has 1 saturated heterocycles. The molecule has 0 spiro atoms. The molecule has 64 valence electrons. The Morgan fingerprint density at radius 1 is 1.58 bits per heavy atom. The highest BCUT2D eigenvalue weighted by Crippen LogP contribution is 2.38. The molecular weight excluding hydrogens is 306 g/mol. The molecule has 2 heterocycles. The lowest BCUT2D eigenvalue weighted by atomic mass is 10.1. The molecule has 0 bridgehead atoms. The van der Waals surface area contributed by atoms with Crippen molar-refractivity contribution in [2.75, 3.05) is 0 Å². The minimum absolute atomic E-state index is 0.139. The molecule has 12 heavy (non-hydrogen) atoms. The van der Waals surface area contributed by atoms with E-state index < -0.39 is 0 Å². The van der Waals surface area contributed by atoms with Crippen molar-refractivity contribution in [1.29, 1.82) is 0 Å². The van der Waals surface area contributed by atoms with Crippen LogP contribution < -0.4 is 5.32 Å². The fourth-order valence-electron chi connectivity index (χ4n) is 1.07. The molecule has 1 N–H and O–H groups in total. The lowest BCUT2D eigenvalue weighted by Crippen LogP contribution is -2.40. The molecule has 1 aromatic heterocycles. The molecule has 2 nitrogen and oxygen atoms in total. The summed E-state index contributed by atoms with van der Waals surface area (Å²) in [5.74, 6) is 0.139. The van der Waals surface area contributed by atoms with Crippen LogP contribution in [0.3, 0.4) is 0 Å². The molecule has 0 radical (unpaired) electrons. The third kappa shape index (κ3) is 1.45. The summed E-state index contributed by atoms with van der Waals surface area (Å²) in [6.45, 7) is 0. The Balaban J connectivity index is 2.19. The third-order valence-corrected chi connectivity index (χ3v) is 5.10. The van der Waals surface area contributed by atoms with Gasteiger partial charge in [-0.2, -0.15) is 0 Å². The first-order valence-electron chi connectivity index (χ1n) is 3.41. The Hall–Kier alpha value is 0.130. The number of amides is 1. The van der Waals surface area contributed by atoms with Crippen LogP contribution in [-0.2, 0) is 4.79 Å². The minimum atomic E-state index is 0.139. The van der Waals surface area contributed by atoms with Crippen LogP contribution in [0.25, 0.3) is 0 Å². The number of nitrogens with one attached hydrogen (secondary N) is 1. The summed E-state index contributed by atoms with van der Waals surface area (Å²) in [6.07, 6.45) is 0.624. The van der Waals surface area contributed by atoms with Gasteiger partial charge in [0.15, 0.2) is 0 Å². The molecule has 2 rings (SSSR count). The van der Waals surface area contributed by atoms with Crippen LogP contribution in [0.4, 0.5) is 0 Å². The number of halogens is 2. The van der Waals surface area contributed by atoms with Crippen LogP contribution in [0, 0.1) is 0 Å². The Morgan fingerprint density at radius 3 is 2.67 bits per heavy atom. The summed E-state index contributed by atoms with van der Waals surface area (Å²) >= 11 is 8.47. The topological polar surface area (TPSA) is 29.1 Å². The molecule has 5 heteroatoms. The maximum absolute atomic E-state index is 10.6. The van der Waals surface area contributed by atoms with Crippen molar-refractivity contribution in [3.63, 3.8) is 0 Å². The summed E-state index contributed by atoms with van der Waals surface area (Å²) in [4.78, 5) is 11.8. The highest BCUT2D eigenvalue weighted by Gasteiger charge is 2.28. The van der Waals surface area contributed by atoms with E-state index in [1.54, 1.807) is 11.3 Å². The van der Waals surface area contributed by atoms with Gasteiger partial charge in [-0.05, 0) is 37.9 Å². The zero-order valence-electron chi connectivity index (χ0n) is 5.93. The molecule has 1 amide bonds. The first-order valence-corrected chi connectivity index (χ1v) is 5.81. The molecule has 1 aliphatic heterocycles. The van der Waals surface area contributed by atoms with E-state index in [0.29, 0.717) is 6.42 Å². The summed E-state index contributed by atoms with van der Waals surface area (Å²) < 4.78 is 2.14. The standard InChI is InChI=1S/C7H5Br2NOS/c8-3-1-5(12-7(3)9)4-2-6(11)10-4/h1,4H,2H2,(H,10,11). The van der Waals surface area contributed by atoms with Crippen LogP contribution >= 0.6 is 43.2 Å². The monoisotopic (exact) mass is 309 g/mol. The van der Waals surface area contributed by atoms with E-state index >= 15 is 0 Å². The van der Waals surface area contributed by atoms with Crippen molar-refractivity contribution >= 4 is 49.1 Å². The van der Waals surface area contributed by atoms with Crippen molar-refractivity contribution in [2.45, 2.75) is 12.5 Å². The van der Waals surface area contributed by atoms with Crippen molar-refractivity contribution in [3.05, 3.63) is 19.2 Å². The van der Waals surface area contributed by atoms with Gasteiger partial charge < -0.3 is 5.32 Å². The number of β-lactam (4-membered cyclic amide) rings is 1. The Bertz CT molecular complexity index is 309. The smallest absolute Gasteiger partial charge is 0.222 e. The average Bonchev–Trinajstić information content (AvgIpc) is 2.26. The molecule has 0 aliphatic carbocycles. The molecule has 1 fully saturated rings. The first kappa shape index (κ1) is 8.72. The van der Waals surface area contributed by atoms with E-state index in [1.165, 1.54) is 4.88 Å². The molecule has 0 saturated carbocycles. The lowest BCUT2D eigenvalue weighted by Gasteiger charge is -2.25. The maximum Gasteiger partial charge on any atom is 0.222 e. The number of thiophene rings is 1. The van der Waals surface area contributed by atoms with Gasteiger partial charge in [0.2, 0.25) is 5.91 Å². The SMILES string of the molecule is O=C1CC(c2cc(Br)c(Br)s2)N1. The lowest BCUT2D eigenvalue weighted by molar-refractivity contribution is -0.128. The number of hydrogen-bond acceptors (Lipinski definition) is 2. The first-order chi connectivity index (χ1) is 5.66. The van der Waals surface area contributed by atoms with Crippen molar-refractivity contribution in [2.24, 2.45) is 0 Å². The van der Waals surface area contributed by atoms with Gasteiger partial charge in [-0.25, -0.2) is 0 Å². The minimum Gasteiger partial charge on any atom is -0.348 e. The van der Waals surface area contributed by atoms with Crippen molar-refractivity contribution in [1.82, 2.24) is 5.32 Å². The average molecular weight is 311 g/mol. The second kappa shape index (κ2) is 3.12. The van der Waals surface area contributed by atoms with Crippen LogP contribution in [0.15, 0.2) is 14.3 Å². The zero-order valence-corrected chi connectivity index (χ0v) is 9.92. The van der Waals surface area contributed by atoms with Gasteiger partial charge >= 0.3 is 0 Å². The highest BCUT2D eigenvalue weighted by atomic mass is 79.9. The van der Waals surface area contributed by atoms with Gasteiger partial charge in [0, 0.05) is 9.35 Å². The van der Waals surface area contributed by atoms with E-state index in [1.807, 2.05) is 6.07 Å². The fraction of sp³-hybridized carbons (Fsp3) is 0.286. The van der Waals surface area contributed by atoms with Gasteiger partial charge in [0.1, 0.15) is 0 Å². The number of hydrogen-bond donors (Lipinski definition) is 1. The van der Waals surface area contributed by atoms with Gasteiger partial charge in [0.05, 0.1) is 16.2 Å². The summed E-state index contributed by atoms with van der Waals surface area (Å²) in [5, 5.41) is 2.83. The van der Waals surface area contributed by atoms with E-state index in [4.69, 9.17) is 0 Å². The van der Waals surface area contributed by atoms with E-state index in [2.05, 4.69) is 37.2 Å². The third-order valence-electron chi connectivity index (χ3n) is 1.73. The fourth-order valence-corrected chi connectivity index (χ4v) is 3.21. The number of rotatable bonds is 1. The summed E-state index contributed by atoms with van der Waals surface area (Å²) in [7, 11) is 0. The molecular formula is C7H5Br2NOS. The van der Waals surface area contributed by atoms with Crippen LogP contribution in [0.1, 0.15) is 17.3 Å². The molecule has 1 aromatic rings. The second-order valence-electron chi connectivity index (χ2n) is 2.59. The van der Waals surface area contributed by atoms with Crippen LogP contribution in [0.5, 0.6) is 0 Å². The number of carbonyl (C=O) groups excluding carboxylic acids is 1. The predicted molar refractivity (Wildman–Crippen MR) is 55.2 cm³/mol. The summed E-state index contributed by atoms with van der Waals surface area (Å²) in [6, 6.07) is 2.28. The zero-order chi connectivity index (χ0) is 8.72. The van der Waals surface area contributed by atoms with E-state index in [9.17, 15) is 4.79 Å². The second-order valence-corrected chi connectivity index (χ2v) is 5.85.